The summed E-state index contributed by atoms with van der Waals surface area (Å²) in [6.07, 6.45) is 2.17. The number of thioether (sulfide) groups is 1. The highest BCUT2D eigenvalue weighted by Crippen LogP contribution is 2.41. The quantitative estimate of drug-likeness (QED) is 0.555. The zero-order valence-corrected chi connectivity index (χ0v) is 17.3. The number of carbonyl (C=O) groups excluding carboxylic acids is 2. The number of anilines is 1. The Morgan fingerprint density at radius 2 is 2.03 bits per heavy atom. The number of thiophene rings is 1. The average Bonchev–Trinajstić information content (AvgIpc) is 3.24. The molecule has 0 bridgehead atoms. The maximum Gasteiger partial charge on any atom is 0.325 e. The minimum absolute atomic E-state index is 0.0747. The highest BCUT2D eigenvalue weighted by molar-refractivity contribution is 7.99. The molecule has 0 atom stereocenters. The summed E-state index contributed by atoms with van der Waals surface area (Å²) in [6.45, 7) is 0. The molecule has 1 aliphatic carbocycles. The maximum atomic E-state index is 12.2. The molecule has 0 radical (unpaired) electrons. The fourth-order valence-corrected chi connectivity index (χ4v) is 4.25. The van der Waals surface area contributed by atoms with E-state index in [1.54, 1.807) is 42.7 Å². The lowest BCUT2D eigenvalue weighted by molar-refractivity contribution is -0.117. The molecule has 1 aromatic carbocycles. The van der Waals surface area contributed by atoms with Crippen LogP contribution in [-0.4, -0.2) is 39.6 Å². The number of aromatic nitrogens is 3. The molecule has 3 aromatic rings. The topological polar surface area (TPSA) is 98.1 Å². The van der Waals surface area contributed by atoms with Crippen LogP contribution in [0.4, 0.5) is 10.5 Å². The second-order valence-electron chi connectivity index (χ2n) is 6.40. The molecule has 4 rings (SSSR count). The summed E-state index contributed by atoms with van der Waals surface area (Å²) in [4.78, 5) is 25.3. The molecule has 1 saturated carbocycles. The van der Waals surface area contributed by atoms with E-state index in [1.165, 1.54) is 11.8 Å². The largest absolute Gasteiger partial charge is 0.497 e. The van der Waals surface area contributed by atoms with E-state index < -0.39 is 11.9 Å². The lowest BCUT2D eigenvalue weighted by Gasteiger charge is -2.09. The number of nitrogens with one attached hydrogen (secondary N) is 2. The van der Waals surface area contributed by atoms with E-state index in [1.807, 2.05) is 17.5 Å². The number of benzene rings is 1. The first-order valence-corrected chi connectivity index (χ1v) is 10.9. The molecule has 0 unspecified atom stereocenters. The Balaban J connectivity index is 1.33. The van der Waals surface area contributed by atoms with Gasteiger partial charge in [-0.25, -0.2) is 4.79 Å². The molecule has 8 nitrogen and oxygen atoms in total. The number of rotatable bonds is 7. The fourth-order valence-electron chi connectivity index (χ4n) is 2.74. The summed E-state index contributed by atoms with van der Waals surface area (Å²) >= 11 is 2.89. The zero-order chi connectivity index (χ0) is 20.2. The van der Waals surface area contributed by atoms with Crippen molar-refractivity contribution in [2.45, 2.75) is 24.0 Å². The fraction of sp³-hybridized carbons (Fsp3) is 0.263. The molecule has 29 heavy (non-hydrogen) atoms. The Bertz CT molecular complexity index is 998. The predicted octanol–water partition coefficient (Wildman–Crippen LogP) is 3.79. The summed E-state index contributed by atoms with van der Waals surface area (Å²) in [7, 11) is 1.57. The van der Waals surface area contributed by atoms with Gasteiger partial charge in [0.05, 0.1) is 17.7 Å². The summed E-state index contributed by atoms with van der Waals surface area (Å²) in [5.41, 5.74) is 0.567. The Kier molecular flexibility index (Phi) is 5.81. The number of amides is 3. The van der Waals surface area contributed by atoms with Crippen LogP contribution in [-0.2, 0) is 4.79 Å². The van der Waals surface area contributed by atoms with Crippen LogP contribution < -0.4 is 15.4 Å². The number of hydrogen-bond acceptors (Lipinski definition) is 7. The van der Waals surface area contributed by atoms with Crippen LogP contribution in [0, 0.1) is 0 Å². The lowest BCUT2D eigenvalue weighted by atomic mass is 10.3. The Morgan fingerprint density at radius 3 is 2.69 bits per heavy atom. The van der Waals surface area contributed by atoms with E-state index in [9.17, 15) is 9.59 Å². The Labute approximate surface area is 175 Å². The first-order chi connectivity index (χ1) is 14.1. The van der Waals surface area contributed by atoms with Gasteiger partial charge in [-0.1, -0.05) is 17.8 Å². The van der Waals surface area contributed by atoms with Crippen molar-refractivity contribution in [3.63, 3.8) is 0 Å². The van der Waals surface area contributed by atoms with E-state index in [4.69, 9.17) is 4.74 Å². The van der Waals surface area contributed by atoms with Crippen molar-refractivity contribution in [2.24, 2.45) is 0 Å². The average molecular weight is 430 g/mol. The van der Waals surface area contributed by atoms with Gasteiger partial charge in [0.1, 0.15) is 5.75 Å². The third kappa shape index (κ3) is 4.77. The Morgan fingerprint density at radius 1 is 1.24 bits per heavy atom. The third-order valence-corrected chi connectivity index (χ3v) is 6.06. The van der Waals surface area contributed by atoms with Crippen LogP contribution >= 0.6 is 23.1 Å². The van der Waals surface area contributed by atoms with Crippen molar-refractivity contribution in [3.05, 3.63) is 41.8 Å². The first-order valence-electron chi connectivity index (χ1n) is 9.00. The standard InChI is InChI=1S/C19H19N5O3S2/c1-27-14-8-4-12(5-9-14)20-18(26)21-16(25)11-29-19-23-22-17(15-3-2-10-28-15)24(19)13-6-7-13/h2-5,8-10,13H,6-7,11H2,1H3,(H2,20,21,25,26). The number of methoxy groups -OCH3 is 1. The van der Waals surface area contributed by atoms with Gasteiger partial charge < -0.3 is 10.1 Å². The number of ether oxygens (including phenoxy) is 1. The smallest absolute Gasteiger partial charge is 0.325 e. The highest BCUT2D eigenvalue weighted by atomic mass is 32.2. The minimum Gasteiger partial charge on any atom is -0.497 e. The molecular weight excluding hydrogens is 410 g/mol. The van der Waals surface area contributed by atoms with Gasteiger partial charge in [0.15, 0.2) is 11.0 Å². The monoisotopic (exact) mass is 429 g/mol. The van der Waals surface area contributed by atoms with E-state index in [-0.39, 0.29) is 5.75 Å². The summed E-state index contributed by atoms with van der Waals surface area (Å²) < 4.78 is 7.17. The van der Waals surface area contributed by atoms with Gasteiger partial charge in [0.2, 0.25) is 5.91 Å². The predicted molar refractivity (Wildman–Crippen MR) is 112 cm³/mol. The summed E-state index contributed by atoms with van der Waals surface area (Å²) in [6, 6.07) is 10.6. The van der Waals surface area contributed by atoms with Crippen LogP contribution in [0.5, 0.6) is 5.75 Å². The lowest BCUT2D eigenvalue weighted by Crippen LogP contribution is -2.35. The number of hydrogen-bond donors (Lipinski definition) is 2. The normalized spacial score (nSPS) is 13.1. The van der Waals surface area contributed by atoms with Crippen LogP contribution in [0.3, 0.4) is 0 Å². The molecule has 1 aliphatic rings. The number of imide groups is 1. The molecule has 2 N–H and O–H groups in total. The van der Waals surface area contributed by atoms with Gasteiger partial charge in [0, 0.05) is 11.7 Å². The van der Waals surface area contributed by atoms with Crippen molar-refractivity contribution in [3.8, 4) is 16.5 Å². The van der Waals surface area contributed by atoms with Crippen molar-refractivity contribution in [1.82, 2.24) is 20.1 Å². The van der Waals surface area contributed by atoms with Gasteiger partial charge in [-0.05, 0) is 48.6 Å². The summed E-state index contributed by atoms with van der Waals surface area (Å²) in [5.74, 6) is 1.20. The molecule has 0 aliphatic heterocycles. The molecule has 1 fully saturated rings. The second-order valence-corrected chi connectivity index (χ2v) is 8.29. The van der Waals surface area contributed by atoms with Crippen LogP contribution in [0.15, 0.2) is 46.9 Å². The van der Waals surface area contributed by atoms with E-state index >= 15 is 0 Å². The van der Waals surface area contributed by atoms with Crippen molar-refractivity contribution in [2.75, 3.05) is 18.2 Å². The van der Waals surface area contributed by atoms with Crippen molar-refractivity contribution in [1.29, 1.82) is 0 Å². The first kappa shape index (κ1) is 19.5. The maximum absolute atomic E-state index is 12.2. The van der Waals surface area contributed by atoms with Crippen molar-refractivity contribution >= 4 is 40.7 Å². The number of nitrogens with zero attached hydrogens (tertiary/aromatic N) is 3. The van der Waals surface area contributed by atoms with Gasteiger partial charge >= 0.3 is 6.03 Å². The molecule has 10 heteroatoms. The third-order valence-electron chi connectivity index (χ3n) is 4.25. The van der Waals surface area contributed by atoms with Crippen LogP contribution in [0.25, 0.3) is 10.7 Å². The van der Waals surface area contributed by atoms with Gasteiger partial charge in [-0.3, -0.25) is 14.7 Å². The SMILES string of the molecule is COc1ccc(NC(=O)NC(=O)CSc2nnc(-c3cccs3)n2C2CC2)cc1. The summed E-state index contributed by atoms with van der Waals surface area (Å²) in [5, 5.41) is 16.2. The van der Waals surface area contributed by atoms with Crippen LogP contribution in [0.1, 0.15) is 18.9 Å². The molecular formula is C19H19N5O3S2. The van der Waals surface area contributed by atoms with Crippen molar-refractivity contribution < 1.29 is 14.3 Å². The molecule has 0 saturated heterocycles. The van der Waals surface area contributed by atoms with Crippen LogP contribution in [0.2, 0.25) is 0 Å². The van der Waals surface area contributed by atoms with E-state index in [2.05, 4.69) is 25.4 Å². The van der Waals surface area contributed by atoms with Gasteiger partial charge in [0.25, 0.3) is 0 Å². The second kappa shape index (κ2) is 8.66. The van der Waals surface area contributed by atoms with E-state index in [0.717, 1.165) is 23.5 Å². The molecule has 2 aromatic heterocycles. The van der Waals surface area contributed by atoms with Gasteiger partial charge in [-0.15, -0.1) is 21.5 Å². The van der Waals surface area contributed by atoms with Gasteiger partial charge in [-0.2, -0.15) is 0 Å². The van der Waals surface area contributed by atoms with E-state index in [0.29, 0.717) is 22.6 Å². The number of carbonyl (C=O) groups is 2. The molecule has 0 spiro atoms. The minimum atomic E-state index is -0.580. The number of urea groups is 1. The zero-order valence-electron chi connectivity index (χ0n) is 15.6. The molecule has 2 heterocycles. The Hall–Kier alpha value is -2.85. The molecule has 150 valence electrons. The molecule has 3 amide bonds. The highest BCUT2D eigenvalue weighted by Gasteiger charge is 2.30.